The third-order valence-corrected chi connectivity index (χ3v) is 3.94. The van der Waals surface area contributed by atoms with Crippen molar-refractivity contribution in [1.82, 2.24) is 5.32 Å². The summed E-state index contributed by atoms with van der Waals surface area (Å²) in [7, 11) is 0. The zero-order valence-corrected chi connectivity index (χ0v) is 18.1. The summed E-state index contributed by atoms with van der Waals surface area (Å²) in [4.78, 5) is 36.2. The average molecular weight is 424 g/mol. The van der Waals surface area contributed by atoms with Gasteiger partial charge in [-0.15, -0.1) is 0 Å². The van der Waals surface area contributed by atoms with Crippen molar-refractivity contribution in [1.29, 1.82) is 0 Å². The molecular formula is C24H29N3O4. The fourth-order valence-electron chi connectivity index (χ4n) is 2.58. The molecule has 0 aliphatic heterocycles. The van der Waals surface area contributed by atoms with E-state index in [0.717, 1.165) is 0 Å². The molecule has 0 saturated carbocycles. The molecule has 0 aliphatic carbocycles. The number of ether oxygens (including phenoxy) is 1. The molecule has 164 valence electrons. The highest BCUT2D eigenvalue weighted by Gasteiger charge is 2.17. The predicted octanol–water partition coefficient (Wildman–Crippen LogP) is 4.74. The largest absolute Gasteiger partial charge is 0.444 e. The van der Waals surface area contributed by atoms with Crippen LogP contribution in [0.5, 0.6) is 0 Å². The maximum atomic E-state index is 12.2. The third kappa shape index (κ3) is 9.16. The molecule has 3 amide bonds. The van der Waals surface area contributed by atoms with Gasteiger partial charge in [-0.25, -0.2) is 4.79 Å². The third-order valence-electron chi connectivity index (χ3n) is 3.94. The average Bonchev–Trinajstić information content (AvgIpc) is 2.71. The van der Waals surface area contributed by atoms with E-state index in [1.807, 2.05) is 24.3 Å². The van der Waals surface area contributed by atoms with E-state index in [9.17, 15) is 14.4 Å². The summed E-state index contributed by atoms with van der Waals surface area (Å²) < 4.78 is 5.25. The van der Waals surface area contributed by atoms with E-state index in [1.54, 1.807) is 63.2 Å². The smallest absolute Gasteiger partial charge is 0.412 e. The van der Waals surface area contributed by atoms with Crippen LogP contribution in [0, 0.1) is 0 Å². The minimum absolute atomic E-state index is 0.124. The lowest BCUT2D eigenvalue weighted by molar-refractivity contribution is -0.115. The van der Waals surface area contributed by atoms with Crippen molar-refractivity contribution >= 4 is 29.3 Å². The molecule has 31 heavy (non-hydrogen) atoms. The van der Waals surface area contributed by atoms with Gasteiger partial charge in [-0.05, 0) is 51.5 Å². The quantitative estimate of drug-likeness (QED) is 0.422. The maximum Gasteiger partial charge on any atom is 0.412 e. The topological polar surface area (TPSA) is 96.5 Å². The second-order valence-electron chi connectivity index (χ2n) is 7.81. The second-order valence-corrected chi connectivity index (χ2v) is 7.81. The van der Waals surface area contributed by atoms with Gasteiger partial charge in [0, 0.05) is 18.5 Å². The van der Waals surface area contributed by atoms with Crippen LogP contribution in [0.1, 0.15) is 44.0 Å². The van der Waals surface area contributed by atoms with Crippen molar-refractivity contribution in [3.63, 3.8) is 0 Å². The Hall–Kier alpha value is -3.61. The van der Waals surface area contributed by atoms with Gasteiger partial charge in [-0.2, -0.15) is 0 Å². The van der Waals surface area contributed by atoms with Crippen molar-refractivity contribution in [3.8, 4) is 0 Å². The van der Waals surface area contributed by atoms with E-state index in [4.69, 9.17) is 4.74 Å². The number of hydrogen-bond donors (Lipinski definition) is 3. The lowest BCUT2D eigenvalue weighted by Gasteiger charge is -2.20. The molecule has 7 heteroatoms. The number of rotatable bonds is 8. The molecule has 0 unspecified atom stereocenters. The number of para-hydroxylation sites is 2. The normalized spacial score (nSPS) is 11.1. The lowest BCUT2D eigenvalue weighted by atomic mass is 10.2. The second kappa shape index (κ2) is 11.5. The van der Waals surface area contributed by atoms with Gasteiger partial charge in [-0.3, -0.25) is 14.9 Å². The van der Waals surface area contributed by atoms with Crippen molar-refractivity contribution in [3.05, 3.63) is 72.3 Å². The van der Waals surface area contributed by atoms with E-state index in [-0.39, 0.29) is 18.2 Å². The molecule has 0 bridgehead atoms. The minimum atomic E-state index is -0.617. The summed E-state index contributed by atoms with van der Waals surface area (Å²) in [5, 5.41) is 8.25. The highest BCUT2D eigenvalue weighted by Crippen LogP contribution is 2.22. The van der Waals surface area contributed by atoms with E-state index in [0.29, 0.717) is 29.9 Å². The fraction of sp³-hybridized carbons (Fsp3) is 0.292. The Morgan fingerprint density at radius 3 is 2.13 bits per heavy atom. The summed E-state index contributed by atoms with van der Waals surface area (Å²) in [5.74, 6) is -0.344. The van der Waals surface area contributed by atoms with Gasteiger partial charge in [0.2, 0.25) is 5.91 Å². The maximum absolute atomic E-state index is 12.2. The van der Waals surface area contributed by atoms with Gasteiger partial charge >= 0.3 is 6.09 Å². The Morgan fingerprint density at radius 2 is 1.48 bits per heavy atom. The van der Waals surface area contributed by atoms with Crippen LogP contribution >= 0.6 is 0 Å². The zero-order chi connectivity index (χ0) is 22.7. The van der Waals surface area contributed by atoms with Crippen LogP contribution in [0.15, 0.2) is 66.7 Å². The van der Waals surface area contributed by atoms with Crippen LogP contribution in [-0.4, -0.2) is 30.1 Å². The Morgan fingerprint density at radius 1 is 0.871 bits per heavy atom. The van der Waals surface area contributed by atoms with Crippen molar-refractivity contribution < 1.29 is 19.1 Å². The standard InChI is InChI=1S/C24H29N3O4/c1-24(2,3)31-23(30)27-20-15-10-9-14-19(20)26-21(28)16-8-5-11-17-25-22(29)18-12-6-4-7-13-18/h4-10,12-15H,11,16-17H2,1-3H3,(H,25,29)(H,26,28)(H,27,30). The van der Waals surface area contributed by atoms with Crippen LogP contribution in [0.4, 0.5) is 16.2 Å². The van der Waals surface area contributed by atoms with E-state index in [1.165, 1.54) is 0 Å². The first-order chi connectivity index (χ1) is 14.7. The molecule has 2 rings (SSSR count). The Labute approximate surface area is 182 Å². The van der Waals surface area contributed by atoms with Gasteiger partial charge in [0.15, 0.2) is 0 Å². The summed E-state index contributed by atoms with van der Waals surface area (Å²) >= 11 is 0. The van der Waals surface area contributed by atoms with E-state index < -0.39 is 11.7 Å². The molecule has 0 aromatic heterocycles. The first-order valence-electron chi connectivity index (χ1n) is 10.1. The van der Waals surface area contributed by atoms with E-state index >= 15 is 0 Å². The van der Waals surface area contributed by atoms with Gasteiger partial charge in [0.25, 0.3) is 5.91 Å². The van der Waals surface area contributed by atoms with Crippen LogP contribution in [0.25, 0.3) is 0 Å². The van der Waals surface area contributed by atoms with Gasteiger partial charge in [-0.1, -0.05) is 42.5 Å². The van der Waals surface area contributed by atoms with Crippen molar-refractivity contribution in [2.75, 3.05) is 17.2 Å². The van der Waals surface area contributed by atoms with Gasteiger partial charge in [0.05, 0.1) is 11.4 Å². The Kier molecular flexibility index (Phi) is 8.81. The van der Waals surface area contributed by atoms with Crippen LogP contribution in [-0.2, 0) is 9.53 Å². The number of nitrogens with one attached hydrogen (secondary N) is 3. The molecule has 7 nitrogen and oxygen atoms in total. The number of anilines is 2. The Balaban J connectivity index is 1.76. The lowest BCUT2D eigenvalue weighted by Crippen LogP contribution is -2.27. The fourth-order valence-corrected chi connectivity index (χ4v) is 2.58. The van der Waals surface area contributed by atoms with Gasteiger partial charge < -0.3 is 15.4 Å². The van der Waals surface area contributed by atoms with E-state index in [2.05, 4.69) is 16.0 Å². The number of benzene rings is 2. The molecule has 0 fully saturated rings. The molecule has 3 N–H and O–H groups in total. The Bertz CT molecular complexity index is 918. The molecule has 0 spiro atoms. The van der Waals surface area contributed by atoms with Crippen LogP contribution in [0.2, 0.25) is 0 Å². The number of amides is 3. The molecule has 0 heterocycles. The summed E-state index contributed by atoms with van der Waals surface area (Å²) in [6, 6.07) is 15.9. The first-order valence-corrected chi connectivity index (χ1v) is 10.1. The number of carbonyl (C=O) groups is 3. The number of hydrogen-bond acceptors (Lipinski definition) is 4. The van der Waals surface area contributed by atoms with Crippen molar-refractivity contribution in [2.24, 2.45) is 0 Å². The minimum Gasteiger partial charge on any atom is -0.444 e. The van der Waals surface area contributed by atoms with Crippen LogP contribution < -0.4 is 16.0 Å². The molecule has 2 aromatic carbocycles. The molecule has 0 radical (unpaired) electrons. The SMILES string of the molecule is CC(C)(C)OC(=O)Nc1ccccc1NC(=O)CC=CCCNC(=O)c1ccccc1. The highest BCUT2D eigenvalue weighted by atomic mass is 16.6. The summed E-state index contributed by atoms with van der Waals surface area (Å²) in [6.45, 7) is 5.81. The summed E-state index contributed by atoms with van der Waals surface area (Å²) in [6.07, 6.45) is 3.78. The van der Waals surface area contributed by atoms with Crippen LogP contribution in [0.3, 0.4) is 0 Å². The van der Waals surface area contributed by atoms with Gasteiger partial charge in [0.1, 0.15) is 5.60 Å². The molecule has 0 aliphatic rings. The monoisotopic (exact) mass is 423 g/mol. The number of carbonyl (C=O) groups excluding carboxylic acids is 3. The highest BCUT2D eigenvalue weighted by molar-refractivity contribution is 5.98. The first kappa shape index (κ1) is 23.7. The molecule has 0 saturated heterocycles. The molecule has 2 aromatic rings. The predicted molar refractivity (Wildman–Crippen MR) is 122 cm³/mol. The van der Waals surface area contributed by atoms with Crippen molar-refractivity contribution in [2.45, 2.75) is 39.2 Å². The molecular weight excluding hydrogens is 394 g/mol. The molecule has 0 atom stereocenters. The zero-order valence-electron chi connectivity index (χ0n) is 18.1. The summed E-state index contributed by atoms with van der Waals surface area (Å²) in [5.41, 5.74) is 0.942.